The summed E-state index contributed by atoms with van der Waals surface area (Å²) >= 11 is 0. The predicted molar refractivity (Wildman–Crippen MR) is 172 cm³/mol. The number of primary amides is 1. The molecule has 0 aliphatic carbocycles. The van der Waals surface area contributed by atoms with Crippen LogP contribution in [0.4, 0.5) is 10.5 Å². The Kier molecular flexibility index (Phi) is 16.3. The molecule has 0 saturated carbocycles. The van der Waals surface area contributed by atoms with Gasteiger partial charge in [0.1, 0.15) is 18.7 Å². The molecule has 13 nitrogen and oxygen atoms in total. The van der Waals surface area contributed by atoms with Gasteiger partial charge in [-0.25, -0.2) is 13.2 Å². The van der Waals surface area contributed by atoms with Gasteiger partial charge in [0.05, 0.1) is 11.2 Å². The van der Waals surface area contributed by atoms with Crippen LogP contribution in [0, 0.1) is 11.3 Å². The van der Waals surface area contributed by atoms with Crippen LogP contribution in [0.2, 0.25) is 0 Å². The van der Waals surface area contributed by atoms with Gasteiger partial charge in [-0.3, -0.25) is 19.2 Å². The summed E-state index contributed by atoms with van der Waals surface area (Å²) in [5.41, 5.74) is 5.67. The molecular weight excluding hydrogens is 602 g/mol. The van der Waals surface area contributed by atoms with Crippen LogP contribution in [0.5, 0.6) is 0 Å². The lowest BCUT2D eigenvalue weighted by atomic mass is 9.97. The monoisotopic (exact) mass is 651 g/mol. The number of nitrogens with two attached hydrogens (primary N) is 1. The molecule has 45 heavy (non-hydrogen) atoms. The third kappa shape index (κ3) is 16.1. The van der Waals surface area contributed by atoms with Crippen molar-refractivity contribution in [2.75, 3.05) is 17.6 Å². The second kappa shape index (κ2) is 18.8. The van der Waals surface area contributed by atoms with Crippen LogP contribution in [0.15, 0.2) is 36.3 Å². The first-order valence-electron chi connectivity index (χ1n) is 15.0. The maximum atomic E-state index is 13.3. The lowest BCUT2D eigenvalue weighted by molar-refractivity contribution is -0.154. The highest BCUT2D eigenvalue weighted by Crippen LogP contribution is 2.18. The molecule has 0 aromatic heterocycles. The molecule has 0 bridgehead atoms. The zero-order valence-corrected chi connectivity index (χ0v) is 27.8. The van der Waals surface area contributed by atoms with E-state index in [1.165, 1.54) is 0 Å². The maximum Gasteiger partial charge on any atom is 0.312 e. The van der Waals surface area contributed by atoms with Crippen molar-refractivity contribution < 1.29 is 37.1 Å². The molecule has 0 radical (unpaired) electrons. The number of unbranched alkanes of at least 4 members (excludes halogenated alkanes) is 2. The Balaban J connectivity index is 2.85. The summed E-state index contributed by atoms with van der Waals surface area (Å²) < 4.78 is 28.4. The van der Waals surface area contributed by atoms with Gasteiger partial charge in [0.25, 0.3) is 0 Å². The molecule has 0 aliphatic rings. The second-order valence-electron chi connectivity index (χ2n) is 12.1. The first kappa shape index (κ1) is 39.1. The summed E-state index contributed by atoms with van der Waals surface area (Å²) in [4.78, 5) is 62.2. The summed E-state index contributed by atoms with van der Waals surface area (Å²) in [6, 6.07) is 4.08. The number of hydrogen-bond donors (Lipinski definition) is 5. The molecule has 0 aliphatic heterocycles. The van der Waals surface area contributed by atoms with Crippen LogP contribution in [0.3, 0.4) is 0 Å². The second-order valence-corrected chi connectivity index (χ2v) is 14.2. The van der Waals surface area contributed by atoms with Crippen molar-refractivity contribution in [3.63, 3.8) is 0 Å². The quantitative estimate of drug-likeness (QED) is 0.111. The summed E-state index contributed by atoms with van der Waals surface area (Å²) in [5.74, 6) is -2.09. The molecule has 252 valence electrons. The van der Waals surface area contributed by atoms with Crippen LogP contribution >= 0.6 is 0 Å². The molecule has 2 atom stereocenters. The maximum absolute atomic E-state index is 13.3. The van der Waals surface area contributed by atoms with Crippen molar-refractivity contribution in [2.24, 2.45) is 17.1 Å². The summed E-state index contributed by atoms with van der Waals surface area (Å²) in [6.07, 6.45) is 1.97. The average molecular weight is 652 g/mol. The molecule has 0 spiro atoms. The van der Waals surface area contributed by atoms with E-state index < -0.39 is 45.2 Å². The fourth-order valence-corrected chi connectivity index (χ4v) is 4.73. The first-order valence-corrected chi connectivity index (χ1v) is 16.7. The fourth-order valence-electron chi connectivity index (χ4n) is 3.96. The minimum Gasteiger partial charge on any atom is -0.460 e. The van der Waals surface area contributed by atoms with E-state index in [1.54, 1.807) is 58.9 Å². The lowest BCUT2D eigenvalue weighted by Gasteiger charge is -2.25. The van der Waals surface area contributed by atoms with Crippen LogP contribution in [0.25, 0.3) is 0 Å². The van der Waals surface area contributed by atoms with Gasteiger partial charge < -0.3 is 31.7 Å². The summed E-state index contributed by atoms with van der Waals surface area (Å²) in [5, 5.41) is 11.6. The molecule has 0 heterocycles. The molecule has 5 amide bonds. The Bertz CT molecular complexity index is 1270. The molecule has 6 N–H and O–H groups in total. The molecule has 1 rings (SSSR count). The Morgan fingerprint density at radius 3 is 2.16 bits per heavy atom. The van der Waals surface area contributed by atoms with Gasteiger partial charge in [0.2, 0.25) is 17.7 Å². The average Bonchev–Trinajstić information content (AvgIpc) is 2.95. The van der Waals surface area contributed by atoms with E-state index in [2.05, 4.69) is 27.8 Å². The standard InChI is InChI=1S/C31H49N5O8S/c1-7-45(42,43)19-10-8-9-13-25(37)36-26(21(2)3)28(39)35-24(12-11-18-33-30(32)41)27(38)34-23-16-14-22(15-17-23)20-44-29(40)31(4,5)6/h7,14-17,21,24,26H,1,8-13,18-20H2,2-6H3,(H,34,38)(H,35,39)(H,36,37)(H3,32,33,41)/t24-,26-/m0/s1. The van der Waals surface area contributed by atoms with Gasteiger partial charge in [0, 0.05) is 24.1 Å². The highest BCUT2D eigenvalue weighted by atomic mass is 32.2. The van der Waals surface area contributed by atoms with Crippen LogP contribution in [-0.4, -0.2) is 62.5 Å². The Morgan fingerprint density at radius 1 is 0.956 bits per heavy atom. The first-order chi connectivity index (χ1) is 20.9. The van der Waals surface area contributed by atoms with Gasteiger partial charge in [-0.2, -0.15) is 0 Å². The van der Waals surface area contributed by atoms with Gasteiger partial charge in [-0.05, 0) is 70.1 Å². The number of carbonyl (C=O) groups excluding carboxylic acids is 5. The largest absolute Gasteiger partial charge is 0.460 e. The zero-order valence-electron chi connectivity index (χ0n) is 26.9. The number of carbonyl (C=O) groups is 5. The number of ether oxygens (including phenoxy) is 1. The number of nitrogens with one attached hydrogen (secondary N) is 4. The van der Waals surface area contributed by atoms with E-state index in [4.69, 9.17) is 10.5 Å². The number of amides is 5. The summed E-state index contributed by atoms with van der Waals surface area (Å²) in [6.45, 7) is 12.3. The van der Waals surface area contributed by atoms with Gasteiger partial charge in [-0.15, -0.1) is 0 Å². The van der Waals surface area contributed by atoms with E-state index in [0.29, 0.717) is 31.4 Å². The smallest absolute Gasteiger partial charge is 0.312 e. The van der Waals surface area contributed by atoms with Crippen molar-refractivity contribution in [1.29, 1.82) is 0 Å². The fraction of sp³-hybridized carbons (Fsp3) is 0.581. The number of hydrogen-bond acceptors (Lipinski definition) is 8. The third-order valence-electron chi connectivity index (χ3n) is 6.66. The topological polar surface area (TPSA) is 203 Å². The number of urea groups is 1. The number of rotatable bonds is 19. The minimum atomic E-state index is -3.29. The highest BCUT2D eigenvalue weighted by molar-refractivity contribution is 7.94. The van der Waals surface area contributed by atoms with Crippen molar-refractivity contribution >= 4 is 45.2 Å². The van der Waals surface area contributed by atoms with Crippen molar-refractivity contribution in [2.45, 2.75) is 91.8 Å². The van der Waals surface area contributed by atoms with E-state index in [1.807, 2.05) is 0 Å². The summed E-state index contributed by atoms with van der Waals surface area (Å²) in [7, 11) is -3.29. The number of anilines is 1. The van der Waals surface area contributed by atoms with Gasteiger partial charge in [0.15, 0.2) is 9.84 Å². The number of sulfone groups is 1. The Hall–Kier alpha value is -3.94. The molecule has 0 saturated heterocycles. The van der Waals surface area contributed by atoms with Crippen molar-refractivity contribution in [1.82, 2.24) is 16.0 Å². The van der Waals surface area contributed by atoms with E-state index in [-0.39, 0.29) is 49.5 Å². The SMILES string of the molecule is C=CS(=O)(=O)CCCCCC(=O)N[C@H](C(=O)N[C@@H](CCCNC(N)=O)C(=O)Nc1ccc(COC(=O)C(C)(C)C)cc1)C(C)C. The van der Waals surface area contributed by atoms with Gasteiger partial charge >= 0.3 is 12.0 Å². The van der Waals surface area contributed by atoms with Crippen LogP contribution in [-0.2, 0) is 40.4 Å². The van der Waals surface area contributed by atoms with Crippen molar-refractivity contribution in [3.05, 3.63) is 41.8 Å². The molecule has 1 aromatic carbocycles. The zero-order chi connectivity index (χ0) is 34.2. The molecule has 1 aromatic rings. The molecular formula is C31H49N5O8S. The third-order valence-corrected chi connectivity index (χ3v) is 8.02. The normalized spacial score (nSPS) is 12.8. The molecule has 0 fully saturated rings. The number of benzene rings is 1. The van der Waals surface area contributed by atoms with Crippen molar-refractivity contribution in [3.8, 4) is 0 Å². The van der Waals surface area contributed by atoms with Crippen LogP contribution < -0.4 is 27.0 Å². The number of esters is 1. The van der Waals surface area contributed by atoms with E-state index >= 15 is 0 Å². The molecule has 14 heteroatoms. The highest BCUT2D eigenvalue weighted by Gasteiger charge is 2.29. The predicted octanol–water partition coefficient (Wildman–Crippen LogP) is 2.91. The Morgan fingerprint density at radius 2 is 1.60 bits per heavy atom. The van der Waals surface area contributed by atoms with E-state index in [9.17, 15) is 32.4 Å². The Labute approximate surface area is 266 Å². The van der Waals surface area contributed by atoms with Crippen LogP contribution in [0.1, 0.15) is 78.7 Å². The van der Waals surface area contributed by atoms with Gasteiger partial charge in [-0.1, -0.05) is 39.0 Å². The van der Waals surface area contributed by atoms with E-state index in [0.717, 1.165) is 11.0 Å². The molecule has 0 unspecified atom stereocenters. The minimum absolute atomic E-state index is 0.0371. The lowest BCUT2D eigenvalue weighted by Crippen LogP contribution is -2.54.